The molecule has 0 saturated carbocycles. The van der Waals surface area contributed by atoms with Crippen molar-refractivity contribution in [3.63, 3.8) is 0 Å². The van der Waals surface area contributed by atoms with Crippen LogP contribution in [0.5, 0.6) is 0 Å². The molecule has 0 atom stereocenters. The zero-order valence-corrected chi connectivity index (χ0v) is 12.6. The summed E-state index contributed by atoms with van der Waals surface area (Å²) in [5.41, 5.74) is 1.19. The molecule has 22 heavy (non-hydrogen) atoms. The zero-order valence-electron chi connectivity index (χ0n) is 11.9. The minimum atomic E-state index is -0.747. The lowest BCUT2D eigenvalue weighted by molar-refractivity contribution is 0.0588. The third-order valence-electron chi connectivity index (χ3n) is 3.08. The van der Waals surface area contributed by atoms with Crippen LogP contribution in [0.2, 0.25) is 5.02 Å². The van der Waals surface area contributed by atoms with Crippen LogP contribution in [-0.2, 0) is 9.47 Å². The number of carbonyl (C=O) groups is 2. The van der Waals surface area contributed by atoms with E-state index >= 15 is 0 Å². The summed E-state index contributed by atoms with van der Waals surface area (Å²) in [5, 5.41) is 0.196. The Balaban J connectivity index is 2.41. The summed E-state index contributed by atoms with van der Waals surface area (Å²) in [6, 6.07) is 8.74. The Hall–Kier alpha value is -2.40. The lowest BCUT2D eigenvalue weighted by atomic mass is 10.0. The average Bonchev–Trinajstić information content (AvgIpc) is 2.53. The highest BCUT2D eigenvalue weighted by Gasteiger charge is 2.15. The predicted molar refractivity (Wildman–Crippen MR) is 79.5 cm³/mol. The fraction of sp³-hybridized carbons (Fsp3) is 0.125. The van der Waals surface area contributed by atoms with E-state index in [1.165, 1.54) is 38.5 Å². The van der Waals surface area contributed by atoms with Crippen molar-refractivity contribution in [1.29, 1.82) is 0 Å². The van der Waals surface area contributed by atoms with Crippen molar-refractivity contribution in [3.8, 4) is 11.1 Å². The first-order valence-corrected chi connectivity index (χ1v) is 6.61. The van der Waals surface area contributed by atoms with Crippen LogP contribution < -0.4 is 0 Å². The third-order valence-corrected chi connectivity index (χ3v) is 3.39. The van der Waals surface area contributed by atoms with Crippen molar-refractivity contribution in [1.82, 2.24) is 0 Å². The first kappa shape index (κ1) is 16.0. The summed E-state index contributed by atoms with van der Waals surface area (Å²) in [6.45, 7) is 0. The Labute approximate surface area is 131 Å². The molecule has 0 aromatic heterocycles. The number of halogens is 2. The van der Waals surface area contributed by atoms with Gasteiger partial charge in [-0.25, -0.2) is 14.0 Å². The summed E-state index contributed by atoms with van der Waals surface area (Å²) >= 11 is 6.03. The van der Waals surface area contributed by atoms with Gasteiger partial charge in [0.15, 0.2) is 0 Å². The molecule has 0 saturated heterocycles. The first-order valence-electron chi connectivity index (χ1n) is 6.24. The van der Waals surface area contributed by atoms with E-state index in [-0.39, 0.29) is 16.1 Å². The summed E-state index contributed by atoms with van der Waals surface area (Å²) in [4.78, 5) is 22.8. The highest BCUT2D eigenvalue weighted by atomic mass is 35.5. The van der Waals surface area contributed by atoms with E-state index in [1.807, 2.05) is 0 Å². The minimum Gasteiger partial charge on any atom is -0.465 e. The third kappa shape index (κ3) is 3.09. The Morgan fingerprint density at radius 1 is 0.909 bits per heavy atom. The summed E-state index contributed by atoms with van der Waals surface area (Å²) < 4.78 is 23.0. The van der Waals surface area contributed by atoms with E-state index < -0.39 is 17.8 Å². The normalized spacial score (nSPS) is 10.2. The maximum atomic E-state index is 13.9. The van der Waals surface area contributed by atoms with Gasteiger partial charge >= 0.3 is 11.9 Å². The molecule has 0 amide bonds. The second-order valence-corrected chi connectivity index (χ2v) is 4.78. The van der Waals surface area contributed by atoms with E-state index in [9.17, 15) is 14.0 Å². The van der Waals surface area contributed by atoms with Crippen LogP contribution in [0.3, 0.4) is 0 Å². The maximum absolute atomic E-state index is 13.9. The number of hydrogen-bond acceptors (Lipinski definition) is 4. The van der Waals surface area contributed by atoms with Gasteiger partial charge in [-0.3, -0.25) is 0 Å². The van der Waals surface area contributed by atoms with E-state index in [0.29, 0.717) is 11.1 Å². The van der Waals surface area contributed by atoms with Gasteiger partial charge in [-0.2, -0.15) is 0 Å². The first-order chi connectivity index (χ1) is 10.5. The molecule has 0 fully saturated rings. The van der Waals surface area contributed by atoms with Crippen LogP contribution in [0.4, 0.5) is 4.39 Å². The van der Waals surface area contributed by atoms with E-state index in [2.05, 4.69) is 9.47 Å². The molecule has 0 spiro atoms. The lowest BCUT2D eigenvalue weighted by Crippen LogP contribution is -2.04. The van der Waals surface area contributed by atoms with Crippen LogP contribution in [0.25, 0.3) is 11.1 Å². The smallest absolute Gasteiger partial charge is 0.340 e. The molecule has 0 aliphatic heterocycles. The highest BCUT2D eigenvalue weighted by Crippen LogP contribution is 2.27. The van der Waals surface area contributed by atoms with E-state index in [0.717, 1.165) is 0 Å². The molecule has 0 unspecified atom stereocenters. The second kappa shape index (κ2) is 6.58. The molecule has 0 aliphatic carbocycles. The largest absolute Gasteiger partial charge is 0.465 e. The Morgan fingerprint density at radius 3 is 1.91 bits per heavy atom. The fourth-order valence-corrected chi connectivity index (χ4v) is 2.20. The molecule has 2 aromatic carbocycles. The SMILES string of the molecule is COC(=O)c1ccc(-c2ccc(C(=O)OC)c(Cl)c2)cc1F. The fourth-order valence-electron chi connectivity index (χ4n) is 1.94. The number of hydrogen-bond donors (Lipinski definition) is 0. The lowest BCUT2D eigenvalue weighted by Gasteiger charge is -2.08. The standard InChI is InChI=1S/C16H12ClFO4/c1-21-15(19)11-5-3-9(7-13(11)17)10-4-6-12(14(18)8-10)16(20)22-2/h3-8H,1-2H3. The Bertz CT molecular complexity index is 679. The molecule has 0 bridgehead atoms. The van der Waals surface area contributed by atoms with Crippen molar-refractivity contribution < 1.29 is 23.5 Å². The molecule has 0 radical (unpaired) electrons. The molecule has 2 aromatic rings. The van der Waals surface area contributed by atoms with Crippen molar-refractivity contribution >= 4 is 23.5 Å². The number of benzene rings is 2. The Kier molecular flexibility index (Phi) is 4.78. The van der Waals surface area contributed by atoms with E-state index in [4.69, 9.17) is 11.6 Å². The van der Waals surface area contributed by atoms with Crippen molar-refractivity contribution in [2.24, 2.45) is 0 Å². The molecule has 4 nitrogen and oxygen atoms in total. The van der Waals surface area contributed by atoms with Gasteiger partial charge in [-0.1, -0.05) is 23.7 Å². The number of esters is 2. The van der Waals surface area contributed by atoms with Crippen molar-refractivity contribution in [2.75, 3.05) is 14.2 Å². The monoisotopic (exact) mass is 322 g/mol. The maximum Gasteiger partial charge on any atom is 0.340 e. The number of carbonyl (C=O) groups excluding carboxylic acids is 2. The average molecular weight is 323 g/mol. The van der Waals surface area contributed by atoms with Gasteiger partial charge in [0.2, 0.25) is 0 Å². The number of ether oxygens (including phenoxy) is 2. The molecule has 6 heteroatoms. The molecule has 114 valence electrons. The van der Waals surface area contributed by atoms with Crippen molar-refractivity contribution in [3.05, 3.63) is 58.4 Å². The molecule has 0 aliphatic rings. The second-order valence-electron chi connectivity index (χ2n) is 4.37. The van der Waals surface area contributed by atoms with Gasteiger partial charge in [-0.05, 0) is 35.4 Å². The van der Waals surface area contributed by atoms with Gasteiger partial charge in [0.05, 0.1) is 30.4 Å². The molecule has 2 rings (SSSR count). The van der Waals surface area contributed by atoms with Gasteiger partial charge in [-0.15, -0.1) is 0 Å². The van der Waals surface area contributed by atoms with Crippen molar-refractivity contribution in [2.45, 2.75) is 0 Å². The topological polar surface area (TPSA) is 52.6 Å². The van der Waals surface area contributed by atoms with Gasteiger partial charge in [0, 0.05) is 0 Å². The minimum absolute atomic E-state index is 0.150. The predicted octanol–water partition coefficient (Wildman–Crippen LogP) is 3.72. The van der Waals surface area contributed by atoms with Gasteiger partial charge in [0.1, 0.15) is 5.82 Å². The van der Waals surface area contributed by atoms with Crippen LogP contribution in [-0.4, -0.2) is 26.2 Å². The van der Waals surface area contributed by atoms with Crippen LogP contribution in [0.15, 0.2) is 36.4 Å². The van der Waals surface area contributed by atoms with E-state index in [1.54, 1.807) is 12.1 Å². The zero-order chi connectivity index (χ0) is 16.3. The summed E-state index contributed by atoms with van der Waals surface area (Å²) in [5.74, 6) is -2.00. The summed E-state index contributed by atoms with van der Waals surface area (Å²) in [7, 11) is 2.44. The number of rotatable bonds is 3. The molecule has 0 N–H and O–H groups in total. The number of methoxy groups -OCH3 is 2. The van der Waals surface area contributed by atoms with Gasteiger partial charge in [0.25, 0.3) is 0 Å². The Morgan fingerprint density at radius 2 is 1.41 bits per heavy atom. The van der Waals surface area contributed by atoms with Crippen LogP contribution in [0, 0.1) is 5.82 Å². The van der Waals surface area contributed by atoms with Gasteiger partial charge < -0.3 is 9.47 Å². The summed E-state index contributed by atoms with van der Waals surface area (Å²) in [6.07, 6.45) is 0. The quantitative estimate of drug-likeness (QED) is 0.808. The molecule has 0 heterocycles. The highest BCUT2D eigenvalue weighted by molar-refractivity contribution is 6.33. The van der Waals surface area contributed by atoms with Crippen LogP contribution >= 0.6 is 11.6 Å². The van der Waals surface area contributed by atoms with Crippen LogP contribution in [0.1, 0.15) is 20.7 Å². The molecular weight excluding hydrogens is 311 g/mol. The molecular formula is C16H12ClFO4.